The molecule has 3 aromatic rings. The number of ether oxygens (including phenoxy) is 2. The highest BCUT2D eigenvalue weighted by molar-refractivity contribution is 6.28. The molecule has 0 aliphatic rings. The number of halogens is 2. The molecular formula is C19H14ClFN4O3. The Morgan fingerprint density at radius 2 is 2.07 bits per heavy atom. The summed E-state index contributed by atoms with van der Waals surface area (Å²) in [5, 5.41) is 3.79. The maximum atomic E-state index is 13.7. The maximum Gasteiger partial charge on any atom is 0.275 e. The lowest BCUT2D eigenvalue weighted by Crippen LogP contribution is -2.18. The highest BCUT2D eigenvalue weighted by Gasteiger charge is 2.10. The Balaban J connectivity index is 1.69. The van der Waals surface area contributed by atoms with Crippen molar-refractivity contribution in [3.63, 3.8) is 0 Å². The van der Waals surface area contributed by atoms with E-state index in [1.54, 1.807) is 48.5 Å². The third kappa shape index (κ3) is 4.80. The van der Waals surface area contributed by atoms with Gasteiger partial charge in [0.1, 0.15) is 11.5 Å². The summed E-state index contributed by atoms with van der Waals surface area (Å²) < 4.78 is 24.2. The first kappa shape index (κ1) is 19.2. The number of hydrogen-bond donors (Lipinski definition) is 1. The molecular weight excluding hydrogens is 387 g/mol. The van der Waals surface area contributed by atoms with Crippen molar-refractivity contribution >= 4 is 23.7 Å². The van der Waals surface area contributed by atoms with Crippen LogP contribution in [0.15, 0.2) is 59.8 Å². The van der Waals surface area contributed by atoms with E-state index in [0.717, 1.165) is 6.20 Å². The largest absolute Gasteiger partial charge is 0.496 e. The van der Waals surface area contributed by atoms with Gasteiger partial charge in [-0.25, -0.2) is 10.4 Å². The van der Waals surface area contributed by atoms with E-state index in [4.69, 9.17) is 21.1 Å². The van der Waals surface area contributed by atoms with Gasteiger partial charge in [-0.2, -0.15) is 14.5 Å². The fraction of sp³-hybridized carbons (Fsp3) is 0.0526. The van der Waals surface area contributed by atoms with Gasteiger partial charge in [-0.1, -0.05) is 24.3 Å². The zero-order chi connectivity index (χ0) is 19.9. The van der Waals surface area contributed by atoms with Crippen LogP contribution in [0, 0.1) is 5.82 Å². The third-order valence-corrected chi connectivity index (χ3v) is 3.67. The van der Waals surface area contributed by atoms with Crippen molar-refractivity contribution in [3.8, 4) is 17.4 Å². The summed E-state index contributed by atoms with van der Waals surface area (Å²) in [6.07, 6.45) is 2.34. The number of methoxy groups -OCH3 is 1. The first-order chi connectivity index (χ1) is 13.6. The number of para-hydroxylation sites is 1. The van der Waals surface area contributed by atoms with Gasteiger partial charge >= 0.3 is 0 Å². The van der Waals surface area contributed by atoms with Gasteiger partial charge in [0.25, 0.3) is 11.8 Å². The summed E-state index contributed by atoms with van der Waals surface area (Å²) in [5.74, 6) is -0.699. The SMILES string of the molecule is COc1ccccc1C(=O)NN=Cc1cccc(Oc2nc(Cl)ncc2F)c1. The molecule has 0 aliphatic heterocycles. The third-order valence-electron chi connectivity index (χ3n) is 3.49. The summed E-state index contributed by atoms with van der Waals surface area (Å²) in [7, 11) is 1.48. The van der Waals surface area contributed by atoms with Crippen molar-refractivity contribution in [1.82, 2.24) is 15.4 Å². The minimum atomic E-state index is -0.743. The van der Waals surface area contributed by atoms with Crippen LogP contribution >= 0.6 is 11.6 Å². The lowest BCUT2D eigenvalue weighted by molar-refractivity contribution is 0.0952. The molecule has 0 unspecified atom stereocenters. The van der Waals surface area contributed by atoms with E-state index in [1.165, 1.54) is 13.3 Å². The van der Waals surface area contributed by atoms with Crippen LogP contribution in [-0.4, -0.2) is 29.2 Å². The molecule has 0 radical (unpaired) electrons. The van der Waals surface area contributed by atoms with Gasteiger partial charge in [-0.3, -0.25) is 4.79 Å². The Labute approximate surface area is 164 Å². The van der Waals surface area contributed by atoms with E-state index < -0.39 is 11.7 Å². The number of hydrazone groups is 1. The van der Waals surface area contributed by atoms with Crippen LogP contribution in [-0.2, 0) is 0 Å². The second-order valence-corrected chi connectivity index (χ2v) is 5.70. The molecule has 7 nitrogen and oxygen atoms in total. The van der Waals surface area contributed by atoms with Gasteiger partial charge < -0.3 is 9.47 Å². The van der Waals surface area contributed by atoms with Gasteiger partial charge in [0.05, 0.1) is 25.1 Å². The zero-order valence-corrected chi connectivity index (χ0v) is 15.4. The van der Waals surface area contributed by atoms with Gasteiger partial charge in [0.15, 0.2) is 0 Å². The fourth-order valence-electron chi connectivity index (χ4n) is 2.23. The maximum absolute atomic E-state index is 13.7. The van der Waals surface area contributed by atoms with Crippen LogP contribution in [0.4, 0.5) is 4.39 Å². The molecule has 1 aromatic heterocycles. The standard InChI is InChI=1S/C19H14ClFN4O3/c1-27-16-8-3-2-7-14(16)17(26)25-23-10-12-5-4-6-13(9-12)28-18-15(21)11-22-19(20)24-18/h2-11H,1H3,(H,25,26). The minimum Gasteiger partial charge on any atom is -0.496 e. The normalized spacial score (nSPS) is 10.7. The van der Waals surface area contributed by atoms with Gasteiger partial charge in [-0.05, 0) is 41.4 Å². The molecule has 0 saturated carbocycles. The Kier molecular flexibility index (Phi) is 6.13. The van der Waals surface area contributed by atoms with Crippen LogP contribution < -0.4 is 14.9 Å². The Morgan fingerprint density at radius 1 is 1.25 bits per heavy atom. The van der Waals surface area contributed by atoms with Crippen molar-refractivity contribution in [2.24, 2.45) is 5.10 Å². The van der Waals surface area contributed by atoms with Crippen molar-refractivity contribution in [2.75, 3.05) is 7.11 Å². The Morgan fingerprint density at radius 3 is 2.89 bits per heavy atom. The van der Waals surface area contributed by atoms with E-state index in [1.807, 2.05) is 0 Å². The second kappa shape index (κ2) is 8.92. The molecule has 0 aliphatic carbocycles. The predicted octanol–water partition coefficient (Wildman–Crippen LogP) is 3.83. The van der Waals surface area contributed by atoms with Crippen LogP contribution in [0.2, 0.25) is 5.28 Å². The predicted molar refractivity (Wildman–Crippen MR) is 102 cm³/mol. The van der Waals surface area contributed by atoms with Crippen LogP contribution in [0.3, 0.4) is 0 Å². The van der Waals surface area contributed by atoms with E-state index in [9.17, 15) is 9.18 Å². The Bertz CT molecular complexity index is 1030. The molecule has 1 amide bonds. The molecule has 0 bridgehead atoms. The molecule has 1 heterocycles. The molecule has 0 spiro atoms. The summed E-state index contributed by atoms with van der Waals surface area (Å²) >= 11 is 5.65. The molecule has 3 rings (SSSR count). The molecule has 28 heavy (non-hydrogen) atoms. The van der Waals surface area contributed by atoms with Crippen LogP contribution in [0.25, 0.3) is 0 Å². The average molecular weight is 401 g/mol. The summed E-state index contributed by atoms with van der Waals surface area (Å²) in [4.78, 5) is 19.4. The quantitative estimate of drug-likeness (QED) is 0.386. The zero-order valence-electron chi connectivity index (χ0n) is 14.6. The molecule has 9 heteroatoms. The number of aromatic nitrogens is 2. The number of carbonyl (C=O) groups is 1. The average Bonchev–Trinajstić information content (AvgIpc) is 2.71. The molecule has 1 N–H and O–H groups in total. The van der Waals surface area contributed by atoms with E-state index in [-0.39, 0.29) is 11.2 Å². The molecule has 2 aromatic carbocycles. The van der Waals surface area contributed by atoms with Gasteiger partial charge in [-0.15, -0.1) is 0 Å². The monoisotopic (exact) mass is 400 g/mol. The number of hydrogen-bond acceptors (Lipinski definition) is 6. The first-order valence-corrected chi connectivity index (χ1v) is 8.37. The van der Waals surface area contributed by atoms with Crippen molar-refractivity contribution in [1.29, 1.82) is 0 Å². The van der Waals surface area contributed by atoms with E-state index in [0.29, 0.717) is 22.6 Å². The minimum absolute atomic E-state index is 0.131. The van der Waals surface area contributed by atoms with Crippen LogP contribution in [0.1, 0.15) is 15.9 Å². The lowest BCUT2D eigenvalue weighted by atomic mass is 10.2. The van der Waals surface area contributed by atoms with Gasteiger partial charge in [0.2, 0.25) is 11.1 Å². The summed E-state index contributed by atoms with van der Waals surface area (Å²) in [6, 6.07) is 13.4. The number of nitrogens with one attached hydrogen (secondary N) is 1. The van der Waals surface area contributed by atoms with E-state index >= 15 is 0 Å². The highest BCUT2D eigenvalue weighted by Crippen LogP contribution is 2.23. The van der Waals surface area contributed by atoms with Crippen molar-refractivity contribution in [2.45, 2.75) is 0 Å². The second-order valence-electron chi connectivity index (χ2n) is 5.37. The number of nitrogens with zero attached hydrogens (tertiary/aromatic N) is 3. The van der Waals surface area contributed by atoms with Crippen molar-refractivity contribution in [3.05, 3.63) is 77.0 Å². The Hall–Kier alpha value is -3.52. The highest BCUT2D eigenvalue weighted by atomic mass is 35.5. The van der Waals surface area contributed by atoms with E-state index in [2.05, 4.69) is 20.5 Å². The number of rotatable bonds is 6. The number of benzene rings is 2. The first-order valence-electron chi connectivity index (χ1n) is 7.99. The fourth-order valence-corrected chi connectivity index (χ4v) is 2.36. The molecule has 142 valence electrons. The number of carbonyl (C=O) groups excluding carboxylic acids is 1. The van der Waals surface area contributed by atoms with Crippen LogP contribution in [0.5, 0.6) is 17.4 Å². The topological polar surface area (TPSA) is 85.7 Å². The number of amides is 1. The van der Waals surface area contributed by atoms with Gasteiger partial charge in [0, 0.05) is 0 Å². The molecule has 0 atom stereocenters. The summed E-state index contributed by atoms with van der Waals surface area (Å²) in [5.41, 5.74) is 3.39. The lowest BCUT2D eigenvalue weighted by Gasteiger charge is -2.07. The molecule has 0 saturated heterocycles. The molecule has 0 fully saturated rings. The smallest absolute Gasteiger partial charge is 0.275 e. The van der Waals surface area contributed by atoms with Crippen molar-refractivity contribution < 1.29 is 18.7 Å². The summed E-state index contributed by atoms with van der Waals surface area (Å²) in [6.45, 7) is 0.